The van der Waals surface area contributed by atoms with Crippen LogP contribution < -0.4 is 10.6 Å². The summed E-state index contributed by atoms with van der Waals surface area (Å²) in [6, 6.07) is 7.65. The largest absolute Gasteiger partial charge is 0.388 e. The van der Waals surface area contributed by atoms with E-state index in [1.165, 1.54) is 50.8 Å². The van der Waals surface area contributed by atoms with Crippen molar-refractivity contribution in [2.24, 2.45) is 5.92 Å². The number of rotatable bonds is 1. The zero-order valence-corrected chi connectivity index (χ0v) is 11.8. The molecule has 102 valence electrons. The molecular weight excluding hydrogens is 232 g/mol. The van der Waals surface area contributed by atoms with E-state index in [1.54, 1.807) is 11.1 Å². The lowest BCUT2D eigenvalue weighted by atomic mass is 9.52. The molecule has 2 N–H and O–H groups in total. The molecule has 2 aliphatic carbocycles. The number of benzene rings is 1. The predicted octanol–water partition coefficient (Wildman–Crippen LogP) is 3.07. The van der Waals surface area contributed by atoms with E-state index in [4.69, 9.17) is 0 Å². The Hall–Kier alpha value is -1.02. The van der Waals surface area contributed by atoms with E-state index < -0.39 is 0 Å². The van der Waals surface area contributed by atoms with Crippen LogP contribution in [0.2, 0.25) is 0 Å². The fraction of sp³-hybridized carbons (Fsp3) is 0.647. The average Bonchev–Trinajstić information content (AvgIpc) is 2.46. The maximum absolute atomic E-state index is 3.81. The number of piperidine rings is 1. The molecule has 1 heterocycles. The monoisotopic (exact) mass is 256 g/mol. The quantitative estimate of drug-likeness (QED) is 0.807. The molecular formula is C17H24N2. The van der Waals surface area contributed by atoms with Gasteiger partial charge < -0.3 is 10.6 Å². The van der Waals surface area contributed by atoms with Gasteiger partial charge in [-0.05, 0) is 55.3 Å². The highest BCUT2D eigenvalue weighted by atomic mass is 15.0. The summed E-state index contributed by atoms with van der Waals surface area (Å²) >= 11 is 0. The second-order valence-electron chi connectivity index (χ2n) is 6.60. The minimum Gasteiger partial charge on any atom is -0.388 e. The molecule has 0 radical (unpaired) electrons. The fourth-order valence-electron chi connectivity index (χ4n) is 5.20. The normalized spacial score (nSPS) is 36.3. The van der Waals surface area contributed by atoms with Crippen LogP contribution in [0.1, 0.15) is 43.2 Å². The van der Waals surface area contributed by atoms with E-state index in [0.29, 0.717) is 5.41 Å². The number of anilines is 1. The number of nitrogens with one attached hydrogen (secondary N) is 2. The summed E-state index contributed by atoms with van der Waals surface area (Å²) in [5.74, 6) is 0.884. The van der Waals surface area contributed by atoms with Gasteiger partial charge in [0.2, 0.25) is 0 Å². The Morgan fingerprint density at radius 3 is 3.11 bits per heavy atom. The van der Waals surface area contributed by atoms with Gasteiger partial charge >= 0.3 is 0 Å². The third-order valence-electron chi connectivity index (χ3n) is 5.97. The molecule has 1 aromatic rings. The summed E-state index contributed by atoms with van der Waals surface area (Å²) in [5.41, 5.74) is 5.13. The lowest BCUT2D eigenvalue weighted by Crippen LogP contribution is -2.59. The minimum atomic E-state index is 0.495. The molecule has 0 amide bonds. The standard InChI is InChI=1S/C17H24N2/c1-18-15-7-4-6-13-12(15)11-16-14-5-2-3-8-17(13,14)9-10-19-16/h4,6-7,14,16,18-19H,2-3,5,8-11H2,1H3/t14-,16+,17-/m0/s1. The van der Waals surface area contributed by atoms with E-state index in [0.717, 1.165) is 12.0 Å². The van der Waals surface area contributed by atoms with Crippen LogP contribution in [0.4, 0.5) is 5.69 Å². The Morgan fingerprint density at radius 1 is 1.26 bits per heavy atom. The molecule has 1 aromatic carbocycles. The van der Waals surface area contributed by atoms with Crippen molar-refractivity contribution in [3.05, 3.63) is 29.3 Å². The van der Waals surface area contributed by atoms with Crippen molar-refractivity contribution in [1.82, 2.24) is 5.32 Å². The molecule has 2 nitrogen and oxygen atoms in total. The molecule has 4 rings (SSSR count). The van der Waals surface area contributed by atoms with Gasteiger partial charge in [0.15, 0.2) is 0 Å². The molecule has 2 fully saturated rings. The lowest BCUT2D eigenvalue weighted by molar-refractivity contribution is 0.0800. The Labute approximate surface area is 116 Å². The molecule has 1 aliphatic heterocycles. The minimum absolute atomic E-state index is 0.495. The first-order chi connectivity index (χ1) is 9.35. The first kappa shape index (κ1) is 11.8. The highest BCUT2D eigenvalue weighted by Crippen LogP contribution is 2.54. The molecule has 2 heteroatoms. The first-order valence-electron chi connectivity index (χ1n) is 7.89. The van der Waals surface area contributed by atoms with Crippen molar-refractivity contribution >= 4 is 5.69 Å². The Balaban J connectivity index is 1.91. The van der Waals surface area contributed by atoms with Crippen LogP contribution in [0.25, 0.3) is 0 Å². The second kappa shape index (κ2) is 4.24. The Morgan fingerprint density at radius 2 is 2.21 bits per heavy atom. The second-order valence-corrected chi connectivity index (χ2v) is 6.60. The maximum atomic E-state index is 3.81. The molecule has 0 unspecified atom stereocenters. The molecule has 3 atom stereocenters. The van der Waals surface area contributed by atoms with Crippen LogP contribution in [0.5, 0.6) is 0 Å². The summed E-state index contributed by atoms with van der Waals surface area (Å²) in [5, 5.41) is 7.22. The first-order valence-corrected chi connectivity index (χ1v) is 7.89. The highest BCUT2D eigenvalue weighted by Gasteiger charge is 2.51. The van der Waals surface area contributed by atoms with E-state index >= 15 is 0 Å². The van der Waals surface area contributed by atoms with Gasteiger partial charge in [-0.2, -0.15) is 0 Å². The maximum Gasteiger partial charge on any atom is 0.0373 e. The summed E-state index contributed by atoms with van der Waals surface area (Å²) in [6.07, 6.45) is 8.27. The zero-order valence-electron chi connectivity index (χ0n) is 11.8. The van der Waals surface area contributed by atoms with Gasteiger partial charge in [-0.3, -0.25) is 0 Å². The van der Waals surface area contributed by atoms with Crippen LogP contribution in [-0.4, -0.2) is 19.6 Å². The van der Waals surface area contributed by atoms with Crippen molar-refractivity contribution in [2.75, 3.05) is 18.9 Å². The van der Waals surface area contributed by atoms with Gasteiger partial charge in [0.25, 0.3) is 0 Å². The highest BCUT2D eigenvalue weighted by molar-refractivity contribution is 5.58. The summed E-state index contributed by atoms with van der Waals surface area (Å²) in [7, 11) is 2.06. The fourth-order valence-corrected chi connectivity index (χ4v) is 5.20. The lowest BCUT2D eigenvalue weighted by Gasteiger charge is -2.56. The molecule has 0 aromatic heterocycles. The van der Waals surface area contributed by atoms with Gasteiger partial charge in [-0.1, -0.05) is 25.0 Å². The number of fused-ring (bicyclic) bond motifs is 1. The van der Waals surface area contributed by atoms with Gasteiger partial charge in [-0.25, -0.2) is 0 Å². The van der Waals surface area contributed by atoms with Gasteiger partial charge in [-0.15, -0.1) is 0 Å². The van der Waals surface area contributed by atoms with Gasteiger partial charge in [0.1, 0.15) is 0 Å². The van der Waals surface area contributed by atoms with Gasteiger partial charge in [0.05, 0.1) is 0 Å². The summed E-state index contributed by atoms with van der Waals surface area (Å²) in [6.45, 7) is 1.21. The molecule has 2 bridgehead atoms. The van der Waals surface area contributed by atoms with Crippen LogP contribution >= 0.6 is 0 Å². The molecule has 3 aliphatic rings. The summed E-state index contributed by atoms with van der Waals surface area (Å²) in [4.78, 5) is 0. The van der Waals surface area contributed by atoms with Crippen LogP contribution in [0.15, 0.2) is 18.2 Å². The third kappa shape index (κ3) is 1.53. The SMILES string of the molecule is CNc1cccc2c1C[C@H]1NCC[C@@]23CCCC[C@@H]13. The van der Waals surface area contributed by atoms with Crippen molar-refractivity contribution < 1.29 is 0 Å². The van der Waals surface area contributed by atoms with E-state index in [-0.39, 0.29) is 0 Å². The predicted molar refractivity (Wildman–Crippen MR) is 79.7 cm³/mol. The molecule has 1 saturated carbocycles. The van der Waals surface area contributed by atoms with Crippen LogP contribution in [0.3, 0.4) is 0 Å². The molecule has 1 saturated heterocycles. The van der Waals surface area contributed by atoms with E-state index in [9.17, 15) is 0 Å². The topological polar surface area (TPSA) is 24.1 Å². The van der Waals surface area contributed by atoms with E-state index in [1.807, 2.05) is 0 Å². The van der Waals surface area contributed by atoms with Crippen molar-refractivity contribution in [3.8, 4) is 0 Å². The molecule has 19 heavy (non-hydrogen) atoms. The smallest absolute Gasteiger partial charge is 0.0373 e. The molecule has 0 spiro atoms. The third-order valence-corrected chi connectivity index (χ3v) is 5.97. The number of hydrogen-bond acceptors (Lipinski definition) is 2. The van der Waals surface area contributed by atoms with Crippen molar-refractivity contribution in [1.29, 1.82) is 0 Å². The van der Waals surface area contributed by atoms with Crippen LogP contribution in [0, 0.1) is 5.92 Å². The van der Waals surface area contributed by atoms with Crippen molar-refractivity contribution in [2.45, 2.75) is 50.0 Å². The summed E-state index contributed by atoms with van der Waals surface area (Å²) < 4.78 is 0. The Kier molecular flexibility index (Phi) is 2.63. The van der Waals surface area contributed by atoms with E-state index in [2.05, 4.69) is 35.9 Å². The van der Waals surface area contributed by atoms with Crippen molar-refractivity contribution in [3.63, 3.8) is 0 Å². The average molecular weight is 256 g/mol. The Bertz CT molecular complexity index is 492. The van der Waals surface area contributed by atoms with Gasteiger partial charge in [0, 0.05) is 24.2 Å². The zero-order chi connectivity index (χ0) is 12.9. The number of hydrogen-bond donors (Lipinski definition) is 2. The van der Waals surface area contributed by atoms with Crippen LogP contribution in [-0.2, 0) is 11.8 Å².